The summed E-state index contributed by atoms with van der Waals surface area (Å²) in [6.07, 6.45) is 2.52. The van der Waals surface area contributed by atoms with Gasteiger partial charge in [-0.3, -0.25) is 0 Å². The predicted molar refractivity (Wildman–Crippen MR) is 166 cm³/mol. The number of nitrogens with zero attached hydrogens (tertiary/aromatic N) is 1. The summed E-state index contributed by atoms with van der Waals surface area (Å²) in [6.45, 7) is 10.7. The molecule has 39 heavy (non-hydrogen) atoms. The molecule has 208 valence electrons. The Labute approximate surface area is 268 Å². The molecule has 0 fully saturated rings. The van der Waals surface area contributed by atoms with Crippen molar-refractivity contribution in [1.29, 1.82) is 0 Å². The molecule has 6 radical (unpaired) electrons. The second-order valence-corrected chi connectivity index (χ2v) is 12.8. The Morgan fingerprint density at radius 2 is 1.79 bits per heavy atom. The summed E-state index contributed by atoms with van der Waals surface area (Å²) in [5.74, 6) is 1.28. The summed E-state index contributed by atoms with van der Waals surface area (Å²) in [7, 11) is 2.85. The van der Waals surface area contributed by atoms with Gasteiger partial charge >= 0.3 is 168 Å². The maximum absolute atomic E-state index is 12.6. The molecule has 3 unspecified atom stereocenters. The Kier molecular flexibility index (Phi) is 16.8. The number of rotatable bonds is 18. The van der Waals surface area contributed by atoms with Gasteiger partial charge in [-0.2, -0.15) is 0 Å². The van der Waals surface area contributed by atoms with Crippen molar-refractivity contribution in [1.82, 2.24) is 20.9 Å². The quantitative estimate of drug-likeness (QED) is 0.0797. The van der Waals surface area contributed by atoms with Crippen LogP contribution in [0.25, 0.3) is 0 Å². The monoisotopic (exact) mass is 939 g/mol. The predicted octanol–water partition coefficient (Wildman–Crippen LogP) is 2.76. The van der Waals surface area contributed by atoms with Crippen molar-refractivity contribution < 1.29 is 9.53 Å². The average Bonchev–Trinajstić information content (AvgIpc) is 2.95. The molecule has 0 saturated heterocycles. The van der Waals surface area contributed by atoms with Gasteiger partial charge in [0.15, 0.2) is 0 Å². The number of ether oxygens (including phenoxy) is 1. The summed E-state index contributed by atoms with van der Waals surface area (Å²) in [4.78, 5) is 14.8. The molecule has 0 aliphatic heterocycles. The van der Waals surface area contributed by atoms with Crippen LogP contribution in [0.2, 0.25) is 0 Å². The fourth-order valence-electron chi connectivity index (χ4n) is 3.72. The first-order valence-corrected chi connectivity index (χ1v) is 19.3. The molecule has 0 aliphatic rings. The molecule has 0 aliphatic carbocycles. The minimum atomic E-state index is -0.0674. The molecule has 2 aromatic carbocycles. The zero-order chi connectivity index (χ0) is 28.6. The van der Waals surface area contributed by atoms with Gasteiger partial charge in [0.25, 0.3) is 0 Å². The molecule has 0 heterocycles. The van der Waals surface area contributed by atoms with Crippen LogP contribution in [0.4, 0.5) is 0 Å². The number of carbonyl (C=O) groups excluding carboxylic acids is 1. The van der Waals surface area contributed by atoms with E-state index in [9.17, 15) is 4.79 Å². The number of carbonyl (C=O) groups is 1. The Hall–Kier alpha value is -1.02. The first kappa shape index (κ1) is 34.2. The average molecular weight is 938 g/mol. The summed E-state index contributed by atoms with van der Waals surface area (Å²) in [6, 6.07) is 18.3. The van der Waals surface area contributed by atoms with Crippen molar-refractivity contribution in [3.63, 3.8) is 0 Å². The van der Waals surface area contributed by atoms with E-state index >= 15 is 0 Å². The summed E-state index contributed by atoms with van der Waals surface area (Å²) < 4.78 is 7.90. The fourth-order valence-corrected chi connectivity index (χ4v) is 9.17. The van der Waals surface area contributed by atoms with Gasteiger partial charge in [-0.1, -0.05) is 42.5 Å². The van der Waals surface area contributed by atoms with E-state index in [0.717, 1.165) is 84.0 Å². The molecular formula is C29H42N5O2PPb2. The van der Waals surface area contributed by atoms with Crippen LogP contribution >= 0.6 is 9.24 Å². The fraction of sp³-hybridized carbons (Fsp3) is 0.414. The van der Waals surface area contributed by atoms with Gasteiger partial charge in [0, 0.05) is 12.3 Å². The third-order valence-electron chi connectivity index (χ3n) is 6.22. The Balaban J connectivity index is 1.77. The number of hydrogen-bond acceptors (Lipinski definition) is 6. The topological polar surface area (TPSA) is 91.6 Å². The Morgan fingerprint density at radius 3 is 2.41 bits per heavy atom. The molecule has 2 rings (SSSR count). The Morgan fingerprint density at radius 1 is 1.13 bits per heavy atom. The van der Waals surface area contributed by atoms with Crippen molar-refractivity contribution in [2.75, 3.05) is 27.9 Å². The molecule has 2 aromatic rings. The zero-order valence-corrected chi connectivity index (χ0v) is 32.0. The van der Waals surface area contributed by atoms with Crippen LogP contribution in [0.1, 0.15) is 37.2 Å². The van der Waals surface area contributed by atoms with Crippen molar-refractivity contribution >= 4 is 66.7 Å². The summed E-state index contributed by atoms with van der Waals surface area (Å²) in [5, 5.41) is 9.97. The van der Waals surface area contributed by atoms with Gasteiger partial charge in [0.05, 0.1) is 0 Å². The van der Waals surface area contributed by atoms with E-state index in [1.165, 1.54) is 11.1 Å². The van der Waals surface area contributed by atoms with E-state index in [-0.39, 0.29) is 24.3 Å². The van der Waals surface area contributed by atoms with Crippen LogP contribution in [-0.4, -0.2) is 96.3 Å². The second-order valence-electron chi connectivity index (χ2n) is 9.66. The van der Waals surface area contributed by atoms with Crippen LogP contribution in [0.5, 0.6) is 5.75 Å². The van der Waals surface area contributed by atoms with E-state index in [4.69, 9.17) is 10.5 Å². The number of nitrogens with two attached hydrogens (primary N) is 1. The second kappa shape index (κ2) is 19.2. The molecular weight excluding hydrogens is 896 g/mol. The third-order valence-corrected chi connectivity index (χ3v) is 10.3. The van der Waals surface area contributed by atoms with Gasteiger partial charge in [0.2, 0.25) is 0 Å². The molecule has 10 heteroatoms. The van der Waals surface area contributed by atoms with Crippen molar-refractivity contribution in [2.24, 2.45) is 11.7 Å². The molecule has 1 amide bonds. The van der Waals surface area contributed by atoms with Crippen LogP contribution in [-0.2, 0) is 11.3 Å². The number of nitrogens with one attached hydrogen (secondary N) is 3. The van der Waals surface area contributed by atoms with E-state index in [2.05, 4.69) is 74.8 Å². The molecule has 3 atom stereocenters. The molecule has 5 N–H and O–H groups in total. The van der Waals surface area contributed by atoms with Gasteiger partial charge < -0.3 is 10.1 Å². The first-order valence-electron chi connectivity index (χ1n) is 13.2. The van der Waals surface area contributed by atoms with E-state index in [0.29, 0.717) is 24.7 Å². The molecule has 0 saturated carbocycles. The zero-order valence-electron chi connectivity index (χ0n) is 23.1. The standard InChI is InChI=1S/C29H42N5O2P.2Pb/c1-21(2)22(3)27(33-28(35)19-34(4)5)15-16-31-18-25(30)20-36-26-13-11-24(12-14-26)29(37)32-17-23-9-7-6-8-10-23;;/h6-14,18,21,27,29,31-32H,3-5,15-17,19-20,30,37H2,1-2H3,(H,33,35);;/b25-18-;;. The van der Waals surface area contributed by atoms with Crippen molar-refractivity contribution in [2.45, 2.75) is 38.6 Å². The van der Waals surface area contributed by atoms with Crippen LogP contribution in [0, 0.1) is 5.92 Å². The number of benzene rings is 2. The normalized spacial score (nSPS) is 13.3. The summed E-state index contributed by atoms with van der Waals surface area (Å²) in [5.41, 5.74) is 10.2. The minimum absolute atomic E-state index is 0.0674. The van der Waals surface area contributed by atoms with Gasteiger partial charge in [-0.25, -0.2) is 0 Å². The third kappa shape index (κ3) is 13.5. The van der Waals surface area contributed by atoms with Gasteiger partial charge in [-0.15, -0.1) is 9.24 Å². The number of amides is 1. The molecule has 0 spiro atoms. The Bertz CT molecular complexity index is 1030. The number of hydrogen-bond donors (Lipinski definition) is 4. The van der Waals surface area contributed by atoms with Crippen LogP contribution < -0.4 is 26.4 Å². The van der Waals surface area contributed by atoms with Crippen LogP contribution in [0.3, 0.4) is 0 Å². The SMILES string of the molecule is C=C(C(C)C)C(CCN/C=C(\N)COc1ccc(C(P)NCc2ccccc2)cc1)NC(=O)CN([CH2][Pb])[CH2][Pb]. The van der Waals surface area contributed by atoms with Gasteiger partial charge in [0.1, 0.15) is 5.75 Å². The van der Waals surface area contributed by atoms with Gasteiger partial charge in [-0.05, 0) is 23.3 Å². The first-order chi connectivity index (χ1) is 18.7. The van der Waals surface area contributed by atoms with E-state index in [1.54, 1.807) is 6.20 Å². The van der Waals surface area contributed by atoms with E-state index < -0.39 is 0 Å². The van der Waals surface area contributed by atoms with Crippen molar-refractivity contribution in [3.8, 4) is 5.75 Å². The molecule has 0 aromatic heterocycles. The van der Waals surface area contributed by atoms with Crippen molar-refractivity contribution in [3.05, 3.63) is 89.8 Å². The molecule has 0 bridgehead atoms. The molecule has 7 nitrogen and oxygen atoms in total. The van der Waals surface area contributed by atoms with Crippen LogP contribution in [0.15, 0.2) is 78.6 Å². The maximum atomic E-state index is 12.6. The summed E-state index contributed by atoms with van der Waals surface area (Å²) >= 11 is 2.15. The van der Waals surface area contributed by atoms with E-state index in [1.807, 2.05) is 30.3 Å².